The lowest BCUT2D eigenvalue weighted by Gasteiger charge is -2.26. The highest BCUT2D eigenvalue weighted by atomic mass is 16.5. The molecule has 2 unspecified atom stereocenters. The van der Waals surface area contributed by atoms with Crippen LogP contribution in [0.3, 0.4) is 0 Å². The van der Waals surface area contributed by atoms with Crippen molar-refractivity contribution in [1.29, 1.82) is 0 Å². The van der Waals surface area contributed by atoms with Crippen LogP contribution in [0, 0.1) is 18.8 Å². The number of nitrogens with zero attached hydrogens (tertiary/aromatic N) is 2. The van der Waals surface area contributed by atoms with Crippen LogP contribution in [-0.4, -0.2) is 79.1 Å². The van der Waals surface area contributed by atoms with Crippen molar-refractivity contribution in [1.82, 2.24) is 4.98 Å². The first-order valence-corrected chi connectivity index (χ1v) is 11.9. The van der Waals surface area contributed by atoms with Crippen LogP contribution in [0.15, 0.2) is 42.6 Å². The summed E-state index contributed by atoms with van der Waals surface area (Å²) in [5.41, 5.74) is 4.19. The van der Waals surface area contributed by atoms with E-state index in [1.165, 1.54) is 0 Å². The number of hydrogen-bond acceptors (Lipinski definition) is 7. The van der Waals surface area contributed by atoms with Gasteiger partial charge in [0.15, 0.2) is 0 Å². The van der Waals surface area contributed by atoms with E-state index in [-0.39, 0.29) is 25.7 Å². The molecule has 0 saturated carbocycles. The first-order valence-electron chi connectivity index (χ1n) is 11.9. The Labute approximate surface area is 203 Å². The molecule has 0 aliphatic carbocycles. The molecule has 7 heteroatoms. The van der Waals surface area contributed by atoms with E-state index >= 15 is 0 Å². The average molecular weight is 473 g/mol. The van der Waals surface area contributed by atoms with Gasteiger partial charge < -0.3 is 29.7 Å². The lowest BCUT2D eigenvalue weighted by molar-refractivity contribution is 0.00800. The van der Waals surface area contributed by atoms with Gasteiger partial charge in [-0.3, -0.25) is 4.98 Å². The molecule has 3 N–H and O–H groups in total. The summed E-state index contributed by atoms with van der Waals surface area (Å²) in [4.78, 5) is 6.49. The molecule has 2 aromatic rings. The maximum atomic E-state index is 9.49. The Morgan fingerprint density at radius 3 is 2.06 bits per heavy atom. The molecule has 0 bridgehead atoms. The lowest BCUT2D eigenvalue weighted by Crippen LogP contribution is -2.33. The monoisotopic (exact) mass is 472 g/mol. The highest BCUT2D eigenvalue weighted by molar-refractivity contribution is 5.70. The highest BCUT2D eigenvalue weighted by Crippen LogP contribution is 2.17. The molecule has 0 fully saturated rings. The third-order valence-corrected chi connectivity index (χ3v) is 5.70. The summed E-state index contributed by atoms with van der Waals surface area (Å²) in [5.74, 6) is 0.496. The molecule has 1 heterocycles. The summed E-state index contributed by atoms with van der Waals surface area (Å²) in [5, 5.41) is 27.9. The highest BCUT2D eigenvalue weighted by Gasteiger charge is 2.13. The van der Waals surface area contributed by atoms with E-state index in [9.17, 15) is 10.2 Å². The number of aromatic nitrogens is 1. The minimum atomic E-state index is -0.863. The quantitative estimate of drug-likeness (QED) is 0.323. The number of ether oxygens (including phenoxy) is 2. The fourth-order valence-corrected chi connectivity index (χ4v) is 3.25. The van der Waals surface area contributed by atoms with Crippen LogP contribution in [-0.2, 0) is 9.47 Å². The lowest BCUT2D eigenvalue weighted by atomic mass is 9.98. The number of pyridine rings is 1. The van der Waals surface area contributed by atoms with Crippen LogP contribution >= 0.6 is 0 Å². The summed E-state index contributed by atoms with van der Waals surface area (Å²) in [6.45, 7) is 8.83. The summed E-state index contributed by atoms with van der Waals surface area (Å²) in [7, 11) is 0. The number of hydrogen-bond donors (Lipinski definition) is 3. The predicted octanol–water partition coefficient (Wildman–Crippen LogP) is 3.02. The Balaban J connectivity index is 1.96. The van der Waals surface area contributed by atoms with Gasteiger partial charge in [0.05, 0.1) is 33.0 Å². The molecule has 1 aromatic heterocycles. The van der Waals surface area contributed by atoms with Crippen molar-refractivity contribution in [3.8, 4) is 0 Å². The van der Waals surface area contributed by atoms with Crippen molar-refractivity contribution >= 4 is 17.8 Å². The molecule has 0 aliphatic heterocycles. The predicted molar refractivity (Wildman–Crippen MR) is 137 cm³/mol. The van der Waals surface area contributed by atoms with Gasteiger partial charge in [0.1, 0.15) is 6.10 Å². The normalized spacial score (nSPS) is 13.5. The Morgan fingerprint density at radius 2 is 1.50 bits per heavy atom. The van der Waals surface area contributed by atoms with Crippen LogP contribution < -0.4 is 4.90 Å². The van der Waals surface area contributed by atoms with Gasteiger partial charge in [0, 0.05) is 43.2 Å². The maximum Gasteiger partial charge on any atom is 0.100 e. The van der Waals surface area contributed by atoms with E-state index in [2.05, 4.69) is 54.1 Å². The van der Waals surface area contributed by atoms with Crippen LogP contribution in [0.1, 0.15) is 30.7 Å². The maximum absolute atomic E-state index is 9.49. The van der Waals surface area contributed by atoms with Gasteiger partial charge >= 0.3 is 0 Å². The second-order valence-corrected chi connectivity index (χ2v) is 8.82. The standard InChI is InChI=1S/C27H40N2O5/c1-21(2)25(17-30)19-33-14-12-29(13-15-34-20-27(32)18-31)26-10-8-23(9-11-26)6-7-24-5-4-22(3)28-16-24/h4-11,16,21,25,27,30-32H,12-15,17-20H2,1-3H3/b7-6+. The molecule has 34 heavy (non-hydrogen) atoms. The minimum Gasteiger partial charge on any atom is -0.396 e. The molecule has 0 amide bonds. The first-order chi connectivity index (χ1) is 16.4. The SMILES string of the molecule is Cc1ccc(/C=C/c2ccc(N(CCOCC(O)CO)CCOCC(CO)C(C)C)cc2)cn1. The summed E-state index contributed by atoms with van der Waals surface area (Å²) in [6.07, 6.45) is 5.10. The zero-order valence-corrected chi connectivity index (χ0v) is 20.6. The third kappa shape index (κ3) is 10.3. The van der Waals surface area contributed by atoms with E-state index in [4.69, 9.17) is 14.6 Å². The fraction of sp³-hybridized carbons (Fsp3) is 0.519. The van der Waals surface area contributed by atoms with Crippen molar-refractivity contribution in [2.24, 2.45) is 11.8 Å². The topological polar surface area (TPSA) is 95.3 Å². The Morgan fingerprint density at radius 1 is 0.882 bits per heavy atom. The molecular formula is C27H40N2O5. The van der Waals surface area contributed by atoms with E-state index in [1.807, 2.05) is 31.3 Å². The molecule has 2 rings (SSSR count). The van der Waals surface area contributed by atoms with Gasteiger partial charge in [-0.2, -0.15) is 0 Å². The third-order valence-electron chi connectivity index (χ3n) is 5.70. The fourth-order valence-electron chi connectivity index (χ4n) is 3.25. The van der Waals surface area contributed by atoms with Gasteiger partial charge in [0.2, 0.25) is 0 Å². The number of aliphatic hydroxyl groups is 3. The van der Waals surface area contributed by atoms with Crippen LogP contribution in [0.5, 0.6) is 0 Å². The smallest absolute Gasteiger partial charge is 0.100 e. The zero-order chi connectivity index (χ0) is 24.8. The van der Waals surface area contributed by atoms with E-state index in [1.54, 1.807) is 0 Å². The van der Waals surface area contributed by atoms with Crippen LogP contribution in [0.4, 0.5) is 5.69 Å². The van der Waals surface area contributed by atoms with Gasteiger partial charge in [0.25, 0.3) is 0 Å². The molecular weight excluding hydrogens is 432 g/mol. The van der Waals surface area contributed by atoms with Crippen LogP contribution in [0.2, 0.25) is 0 Å². The van der Waals surface area contributed by atoms with Gasteiger partial charge in [-0.25, -0.2) is 0 Å². The Bertz CT molecular complexity index is 824. The number of rotatable bonds is 16. The molecule has 0 spiro atoms. The molecule has 7 nitrogen and oxygen atoms in total. The molecule has 0 aliphatic rings. The minimum absolute atomic E-state index is 0.102. The van der Waals surface area contributed by atoms with Crippen molar-refractivity contribution in [3.05, 3.63) is 59.4 Å². The van der Waals surface area contributed by atoms with Crippen molar-refractivity contribution in [3.63, 3.8) is 0 Å². The summed E-state index contributed by atoms with van der Waals surface area (Å²) in [6, 6.07) is 12.3. The second kappa shape index (κ2) is 15.6. The van der Waals surface area contributed by atoms with Gasteiger partial charge in [-0.1, -0.05) is 44.2 Å². The largest absolute Gasteiger partial charge is 0.396 e. The molecule has 0 saturated heterocycles. The first kappa shape index (κ1) is 28.0. The van der Waals surface area contributed by atoms with Crippen molar-refractivity contribution in [2.75, 3.05) is 57.6 Å². The van der Waals surface area contributed by atoms with E-state index in [0.29, 0.717) is 38.8 Å². The van der Waals surface area contributed by atoms with E-state index < -0.39 is 6.10 Å². The molecule has 188 valence electrons. The molecule has 0 radical (unpaired) electrons. The second-order valence-electron chi connectivity index (χ2n) is 8.82. The van der Waals surface area contributed by atoms with E-state index in [0.717, 1.165) is 22.5 Å². The summed E-state index contributed by atoms with van der Waals surface area (Å²) >= 11 is 0. The van der Waals surface area contributed by atoms with Gasteiger partial charge in [-0.15, -0.1) is 0 Å². The number of anilines is 1. The Kier molecular flexibility index (Phi) is 12.8. The van der Waals surface area contributed by atoms with Crippen LogP contribution in [0.25, 0.3) is 12.2 Å². The van der Waals surface area contributed by atoms with Crippen molar-refractivity contribution < 1.29 is 24.8 Å². The number of aryl methyl sites for hydroxylation is 1. The number of benzene rings is 1. The zero-order valence-electron chi connectivity index (χ0n) is 20.6. The van der Waals surface area contributed by atoms with Gasteiger partial charge in [-0.05, 0) is 42.2 Å². The summed E-state index contributed by atoms with van der Waals surface area (Å²) < 4.78 is 11.4. The molecule has 1 aromatic carbocycles. The average Bonchev–Trinajstić information content (AvgIpc) is 2.84. The molecule has 2 atom stereocenters. The Hall–Kier alpha value is -2.29. The van der Waals surface area contributed by atoms with Crippen molar-refractivity contribution in [2.45, 2.75) is 26.9 Å². The number of aliphatic hydroxyl groups excluding tert-OH is 3.